The van der Waals surface area contributed by atoms with Gasteiger partial charge in [-0.1, -0.05) is 13.5 Å². The predicted octanol–water partition coefficient (Wildman–Crippen LogP) is 2.10. The maximum absolute atomic E-state index is 10.7. The Morgan fingerprint density at radius 1 is 1.57 bits per heavy atom. The fourth-order valence-electron chi connectivity index (χ4n) is 1.17. The van der Waals surface area contributed by atoms with Crippen molar-refractivity contribution in [3.05, 3.63) is 12.3 Å². The Hall–Kier alpha value is -1.19. The van der Waals surface area contributed by atoms with Gasteiger partial charge in [0.1, 0.15) is 13.2 Å². The van der Waals surface area contributed by atoms with Gasteiger partial charge in [-0.2, -0.15) is 0 Å². The zero-order chi connectivity index (χ0) is 10.6. The molecule has 4 heteroatoms. The van der Waals surface area contributed by atoms with Gasteiger partial charge in [-0.05, 0) is 13.3 Å². The summed E-state index contributed by atoms with van der Waals surface area (Å²) in [5.41, 5.74) is -0.215. The van der Waals surface area contributed by atoms with E-state index in [4.69, 9.17) is 14.2 Å². The highest BCUT2D eigenvalue weighted by atomic mass is 16.7. The second-order valence-electron chi connectivity index (χ2n) is 3.67. The Bertz CT molecular complexity index is 224. The van der Waals surface area contributed by atoms with Crippen LogP contribution >= 0.6 is 0 Å². The third kappa shape index (κ3) is 2.65. The van der Waals surface area contributed by atoms with Gasteiger partial charge in [-0.25, -0.2) is 4.79 Å². The van der Waals surface area contributed by atoms with Crippen LogP contribution in [0.2, 0.25) is 0 Å². The van der Waals surface area contributed by atoms with E-state index in [9.17, 15) is 4.79 Å². The minimum Gasteiger partial charge on any atom is -0.498 e. The summed E-state index contributed by atoms with van der Waals surface area (Å²) in [6, 6.07) is 0. The molecule has 0 radical (unpaired) electrons. The standard InChI is InChI=1S/C10H16O4/c1-4-10(5-12-8(2)3)6-13-9(11)14-7-10/h2,4-7H2,1,3H3. The molecule has 0 aromatic heterocycles. The summed E-state index contributed by atoms with van der Waals surface area (Å²) in [5, 5.41) is 0. The van der Waals surface area contributed by atoms with Crippen molar-refractivity contribution in [2.75, 3.05) is 19.8 Å². The molecule has 0 aromatic carbocycles. The third-order valence-electron chi connectivity index (χ3n) is 2.37. The molecular weight excluding hydrogens is 184 g/mol. The van der Waals surface area contributed by atoms with Crippen LogP contribution in [0.3, 0.4) is 0 Å². The first kappa shape index (κ1) is 10.9. The molecule has 0 bridgehead atoms. The molecule has 80 valence electrons. The second-order valence-corrected chi connectivity index (χ2v) is 3.67. The highest BCUT2D eigenvalue weighted by molar-refractivity contribution is 5.60. The molecule has 1 aliphatic heterocycles. The van der Waals surface area contributed by atoms with Gasteiger partial charge in [0.15, 0.2) is 0 Å². The molecule has 1 saturated heterocycles. The van der Waals surface area contributed by atoms with Crippen LogP contribution in [-0.4, -0.2) is 26.0 Å². The Balaban J connectivity index is 2.49. The fraction of sp³-hybridized carbons (Fsp3) is 0.700. The van der Waals surface area contributed by atoms with E-state index in [-0.39, 0.29) is 5.41 Å². The Labute approximate surface area is 83.8 Å². The number of allylic oxidation sites excluding steroid dienone is 1. The molecule has 0 aliphatic carbocycles. The van der Waals surface area contributed by atoms with E-state index >= 15 is 0 Å². The Kier molecular flexibility index (Phi) is 3.38. The van der Waals surface area contributed by atoms with E-state index in [0.717, 1.165) is 6.42 Å². The van der Waals surface area contributed by atoms with Crippen molar-refractivity contribution in [2.45, 2.75) is 20.3 Å². The summed E-state index contributed by atoms with van der Waals surface area (Å²) >= 11 is 0. The van der Waals surface area contributed by atoms with E-state index in [2.05, 4.69) is 6.58 Å². The molecule has 1 rings (SSSR count). The molecule has 1 heterocycles. The number of rotatable bonds is 4. The average Bonchev–Trinajstić information content (AvgIpc) is 2.18. The number of hydrogen-bond donors (Lipinski definition) is 0. The normalized spacial score (nSPS) is 19.4. The Morgan fingerprint density at radius 2 is 2.14 bits per heavy atom. The van der Waals surface area contributed by atoms with Crippen LogP contribution in [0.1, 0.15) is 20.3 Å². The smallest absolute Gasteiger partial charge is 0.498 e. The first-order valence-corrected chi connectivity index (χ1v) is 4.66. The predicted molar refractivity (Wildman–Crippen MR) is 50.8 cm³/mol. The minimum absolute atomic E-state index is 0.215. The van der Waals surface area contributed by atoms with E-state index < -0.39 is 6.16 Å². The number of carbonyl (C=O) groups excluding carboxylic acids is 1. The van der Waals surface area contributed by atoms with Crippen LogP contribution in [0, 0.1) is 5.41 Å². The largest absolute Gasteiger partial charge is 0.508 e. The number of ether oxygens (including phenoxy) is 3. The number of carbonyl (C=O) groups is 1. The van der Waals surface area contributed by atoms with Gasteiger partial charge in [0.2, 0.25) is 0 Å². The van der Waals surface area contributed by atoms with Crippen LogP contribution in [0.4, 0.5) is 4.79 Å². The maximum atomic E-state index is 10.7. The highest BCUT2D eigenvalue weighted by Crippen LogP contribution is 2.27. The minimum atomic E-state index is -0.593. The van der Waals surface area contributed by atoms with Gasteiger partial charge in [0.05, 0.1) is 17.8 Å². The summed E-state index contributed by atoms with van der Waals surface area (Å²) < 4.78 is 15.0. The van der Waals surface area contributed by atoms with Crippen molar-refractivity contribution in [3.8, 4) is 0 Å². The zero-order valence-electron chi connectivity index (χ0n) is 8.67. The molecule has 4 nitrogen and oxygen atoms in total. The van der Waals surface area contributed by atoms with Crippen molar-refractivity contribution in [1.82, 2.24) is 0 Å². The summed E-state index contributed by atoms with van der Waals surface area (Å²) in [6.45, 7) is 8.65. The molecule has 1 aliphatic rings. The van der Waals surface area contributed by atoms with Gasteiger partial charge in [0.25, 0.3) is 0 Å². The van der Waals surface area contributed by atoms with Crippen LogP contribution in [-0.2, 0) is 14.2 Å². The SMILES string of the molecule is C=C(C)OCC1(CC)COC(=O)OC1. The molecule has 0 saturated carbocycles. The molecular formula is C10H16O4. The lowest BCUT2D eigenvalue weighted by molar-refractivity contribution is -0.0861. The molecule has 0 aromatic rings. The average molecular weight is 200 g/mol. The summed E-state index contributed by atoms with van der Waals surface area (Å²) in [6.07, 6.45) is 0.248. The van der Waals surface area contributed by atoms with Crippen molar-refractivity contribution >= 4 is 6.16 Å². The van der Waals surface area contributed by atoms with Crippen molar-refractivity contribution in [2.24, 2.45) is 5.41 Å². The van der Waals surface area contributed by atoms with Gasteiger partial charge >= 0.3 is 6.16 Å². The third-order valence-corrected chi connectivity index (χ3v) is 2.37. The number of cyclic esters (lactones) is 2. The monoisotopic (exact) mass is 200 g/mol. The lowest BCUT2D eigenvalue weighted by Gasteiger charge is -2.34. The van der Waals surface area contributed by atoms with Crippen molar-refractivity contribution < 1.29 is 19.0 Å². The molecule has 0 amide bonds. The lowest BCUT2D eigenvalue weighted by atomic mass is 9.87. The Morgan fingerprint density at radius 3 is 2.57 bits per heavy atom. The van der Waals surface area contributed by atoms with Crippen molar-refractivity contribution in [3.63, 3.8) is 0 Å². The van der Waals surface area contributed by atoms with Gasteiger partial charge in [0, 0.05) is 0 Å². The van der Waals surface area contributed by atoms with Crippen LogP contribution in [0.15, 0.2) is 12.3 Å². The van der Waals surface area contributed by atoms with E-state index in [0.29, 0.717) is 25.6 Å². The molecule has 14 heavy (non-hydrogen) atoms. The second kappa shape index (κ2) is 4.35. The maximum Gasteiger partial charge on any atom is 0.508 e. The van der Waals surface area contributed by atoms with E-state index in [1.165, 1.54) is 0 Å². The highest BCUT2D eigenvalue weighted by Gasteiger charge is 2.37. The van der Waals surface area contributed by atoms with Crippen LogP contribution in [0.5, 0.6) is 0 Å². The fourth-order valence-corrected chi connectivity index (χ4v) is 1.17. The van der Waals surface area contributed by atoms with E-state index in [1.54, 1.807) is 6.92 Å². The summed E-state index contributed by atoms with van der Waals surface area (Å²) in [4.78, 5) is 10.7. The topological polar surface area (TPSA) is 44.8 Å². The summed E-state index contributed by atoms with van der Waals surface area (Å²) in [5.74, 6) is 0.662. The van der Waals surface area contributed by atoms with Crippen molar-refractivity contribution in [1.29, 1.82) is 0 Å². The van der Waals surface area contributed by atoms with E-state index in [1.807, 2.05) is 6.92 Å². The van der Waals surface area contributed by atoms with Crippen LogP contribution < -0.4 is 0 Å². The zero-order valence-corrected chi connectivity index (χ0v) is 8.67. The molecule has 0 spiro atoms. The summed E-state index contributed by atoms with van der Waals surface area (Å²) in [7, 11) is 0. The molecule has 1 fully saturated rings. The van der Waals surface area contributed by atoms with Gasteiger partial charge in [-0.3, -0.25) is 0 Å². The van der Waals surface area contributed by atoms with Gasteiger partial charge in [-0.15, -0.1) is 0 Å². The lowest BCUT2D eigenvalue weighted by Crippen LogP contribution is -2.42. The quantitative estimate of drug-likeness (QED) is 0.515. The van der Waals surface area contributed by atoms with Gasteiger partial charge < -0.3 is 14.2 Å². The molecule has 0 N–H and O–H groups in total. The number of hydrogen-bond acceptors (Lipinski definition) is 4. The molecule has 0 atom stereocenters. The first-order valence-electron chi connectivity index (χ1n) is 4.66. The molecule has 0 unspecified atom stereocenters. The first-order chi connectivity index (χ1) is 6.58. The van der Waals surface area contributed by atoms with Crippen LogP contribution in [0.25, 0.3) is 0 Å².